The van der Waals surface area contributed by atoms with Crippen molar-refractivity contribution in [2.75, 3.05) is 26.2 Å². The van der Waals surface area contributed by atoms with Gasteiger partial charge < -0.3 is 15.4 Å². The zero-order valence-corrected chi connectivity index (χ0v) is 11.6. The molecule has 0 bridgehead atoms. The minimum Gasteiger partial charge on any atom is -0.376 e. The highest BCUT2D eigenvalue weighted by Gasteiger charge is 2.13. The van der Waals surface area contributed by atoms with Crippen LogP contribution in [0.3, 0.4) is 0 Å². The molecule has 1 aromatic carbocycles. The Labute approximate surface area is 118 Å². The van der Waals surface area contributed by atoms with E-state index in [1.54, 1.807) is 24.3 Å². The van der Waals surface area contributed by atoms with E-state index in [0.29, 0.717) is 29.8 Å². The van der Waals surface area contributed by atoms with E-state index in [4.69, 9.17) is 16.3 Å². The molecule has 1 aliphatic rings. The predicted molar refractivity (Wildman–Crippen MR) is 75.6 cm³/mol. The summed E-state index contributed by atoms with van der Waals surface area (Å²) in [6.45, 7) is 3.07. The van der Waals surface area contributed by atoms with Gasteiger partial charge in [-0.1, -0.05) is 23.7 Å². The molecule has 0 atom stereocenters. The zero-order valence-electron chi connectivity index (χ0n) is 10.8. The first-order valence-electron chi connectivity index (χ1n) is 6.62. The number of amides is 1. The van der Waals surface area contributed by atoms with Gasteiger partial charge in [0.05, 0.1) is 23.3 Å². The molecule has 1 amide bonds. The number of rotatable bonds is 5. The van der Waals surface area contributed by atoms with Gasteiger partial charge in [-0.3, -0.25) is 4.79 Å². The molecular formula is C14H19ClN2O2. The second-order valence-corrected chi connectivity index (χ2v) is 4.96. The predicted octanol–water partition coefficient (Wildman–Crippen LogP) is 1.84. The maximum Gasteiger partial charge on any atom is 0.252 e. The molecule has 2 N–H and O–H groups in total. The van der Waals surface area contributed by atoms with E-state index in [1.165, 1.54) is 0 Å². The van der Waals surface area contributed by atoms with Crippen LogP contribution in [0.25, 0.3) is 0 Å². The lowest BCUT2D eigenvalue weighted by Crippen LogP contribution is -2.34. The fraction of sp³-hybridized carbons (Fsp3) is 0.500. The van der Waals surface area contributed by atoms with Crippen molar-refractivity contribution in [3.8, 4) is 0 Å². The maximum atomic E-state index is 11.9. The summed E-state index contributed by atoms with van der Waals surface area (Å²) in [4.78, 5) is 11.9. The van der Waals surface area contributed by atoms with Crippen LogP contribution in [-0.4, -0.2) is 38.3 Å². The van der Waals surface area contributed by atoms with Crippen molar-refractivity contribution in [3.63, 3.8) is 0 Å². The van der Waals surface area contributed by atoms with Crippen molar-refractivity contribution in [1.29, 1.82) is 0 Å². The molecule has 1 saturated heterocycles. The van der Waals surface area contributed by atoms with Crippen LogP contribution in [0, 0.1) is 0 Å². The molecule has 1 fully saturated rings. The van der Waals surface area contributed by atoms with Gasteiger partial charge in [0.1, 0.15) is 0 Å². The van der Waals surface area contributed by atoms with Gasteiger partial charge in [-0.2, -0.15) is 0 Å². The molecule has 1 heterocycles. The smallest absolute Gasteiger partial charge is 0.252 e. The Bertz CT molecular complexity index is 420. The van der Waals surface area contributed by atoms with Crippen LogP contribution in [0.15, 0.2) is 24.3 Å². The minimum absolute atomic E-state index is 0.153. The molecule has 1 aromatic rings. The van der Waals surface area contributed by atoms with Crippen LogP contribution in [0.2, 0.25) is 5.02 Å². The van der Waals surface area contributed by atoms with E-state index in [-0.39, 0.29) is 5.91 Å². The molecule has 2 rings (SSSR count). The quantitative estimate of drug-likeness (QED) is 0.810. The fourth-order valence-electron chi connectivity index (χ4n) is 2.09. The van der Waals surface area contributed by atoms with Crippen molar-refractivity contribution in [3.05, 3.63) is 34.9 Å². The van der Waals surface area contributed by atoms with E-state index >= 15 is 0 Å². The van der Waals surface area contributed by atoms with E-state index in [1.807, 2.05) is 0 Å². The molecule has 5 heteroatoms. The highest BCUT2D eigenvalue weighted by atomic mass is 35.5. The molecule has 4 nitrogen and oxygen atoms in total. The summed E-state index contributed by atoms with van der Waals surface area (Å²) in [5.74, 6) is -0.153. The molecule has 104 valence electrons. The Morgan fingerprint density at radius 3 is 2.84 bits per heavy atom. The first-order valence-corrected chi connectivity index (χ1v) is 7.00. The van der Waals surface area contributed by atoms with Crippen LogP contribution in [0.4, 0.5) is 0 Å². The molecule has 0 aliphatic carbocycles. The van der Waals surface area contributed by atoms with Gasteiger partial charge in [-0.25, -0.2) is 0 Å². The lowest BCUT2D eigenvalue weighted by molar-refractivity contribution is 0.0343. The van der Waals surface area contributed by atoms with Crippen molar-refractivity contribution < 1.29 is 9.53 Å². The summed E-state index contributed by atoms with van der Waals surface area (Å²) in [5, 5.41) is 6.57. The third kappa shape index (κ3) is 4.49. The number of benzene rings is 1. The van der Waals surface area contributed by atoms with E-state index in [9.17, 15) is 4.79 Å². The number of carbonyl (C=O) groups excluding carboxylic acids is 1. The fourth-order valence-corrected chi connectivity index (χ4v) is 2.31. The summed E-state index contributed by atoms with van der Waals surface area (Å²) in [6.07, 6.45) is 2.40. The summed E-state index contributed by atoms with van der Waals surface area (Å²) < 4.78 is 5.71. The monoisotopic (exact) mass is 282 g/mol. The van der Waals surface area contributed by atoms with Crippen LogP contribution in [0.1, 0.15) is 23.2 Å². The number of hydrogen-bond acceptors (Lipinski definition) is 3. The lowest BCUT2D eigenvalue weighted by Gasteiger charge is -2.22. The van der Waals surface area contributed by atoms with Crippen LogP contribution < -0.4 is 10.6 Å². The molecular weight excluding hydrogens is 264 g/mol. The SMILES string of the molecule is O=C(NCCOC1CCNCC1)c1ccccc1Cl. The molecule has 0 unspecified atom stereocenters. The second kappa shape index (κ2) is 7.48. The number of carbonyl (C=O) groups is 1. The number of halogens is 1. The van der Waals surface area contributed by atoms with Gasteiger partial charge in [0.25, 0.3) is 5.91 Å². The number of ether oxygens (including phenoxy) is 1. The van der Waals surface area contributed by atoms with Crippen LogP contribution >= 0.6 is 11.6 Å². The normalized spacial score (nSPS) is 16.3. The van der Waals surface area contributed by atoms with Crippen LogP contribution in [-0.2, 0) is 4.74 Å². The number of nitrogens with one attached hydrogen (secondary N) is 2. The van der Waals surface area contributed by atoms with Crippen molar-refractivity contribution >= 4 is 17.5 Å². The van der Waals surface area contributed by atoms with E-state index in [0.717, 1.165) is 25.9 Å². The summed E-state index contributed by atoms with van der Waals surface area (Å²) in [6, 6.07) is 7.03. The Morgan fingerprint density at radius 2 is 2.11 bits per heavy atom. The van der Waals surface area contributed by atoms with Crippen molar-refractivity contribution in [1.82, 2.24) is 10.6 Å². The van der Waals surface area contributed by atoms with Gasteiger partial charge in [-0.15, -0.1) is 0 Å². The van der Waals surface area contributed by atoms with Crippen molar-refractivity contribution in [2.24, 2.45) is 0 Å². The standard InChI is InChI=1S/C14H19ClN2O2/c15-13-4-2-1-3-12(13)14(18)17-9-10-19-11-5-7-16-8-6-11/h1-4,11,16H,5-10H2,(H,17,18). The molecule has 19 heavy (non-hydrogen) atoms. The summed E-state index contributed by atoms with van der Waals surface area (Å²) in [7, 11) is 0. The van der Waals surface area contributed by atoms with Gasteiger partial charge in [0, 0.05) is 6.54 Å². The molecule has 0 aromatic heterocycles. The van der Waals surface area contributed by atoms with Crippen molar-refractivity contribution in [2.45, 2.75) is 18.9 Å². The second-order valence-electron chi connectivity index (χ2n) is 4.56. The van der Waals surface area contributed by atoms with E-state index < -0.39 is 0 Å². The highest BCUT2D eigenvalue weighted by Crippen LogP contribution is 2.14. The molecule has 0 saturated carbocycles. The van der Waals surface area contributed by atoms with Gasteiger partial charge in [0.15, 0.2) is 0 Å². The minimum atomic E-state index is -0.153. The van der Waals surface area contributed by atoms with Gasteiger partial charge in [-0.05, 0) is 38.1 Å². The molecule has 1 aliphatic heterocycles. The largest absolute Gasteiger partial charge is 0.376 e. The highest BCUT2D eigenvalue weighted by molar-refractivity contribution is 6.33. The zero-order chi connectivity index (χ0) is 13.5. The third-order valence-electron chi connectivity index (χ3n) is 3.15. The lowest BCUT2D eigenvalue weighted by atomic mass is 10.1. The topological polar surface area (TPSA) is 50.4 Å². The first-order chi connectivity index (χ1) is 9.27. The van der Waals surface area contributed by atoms with Gasteiger partial charge >= 0.3 is 0 Å². The number of piperidine rings is 1. The van der Waals surface area contributed by atoms with E-state index in [2.05, 4.69) is 10.6 Å². The average Bonchev–Trinajstić information content (AvgIpc) is 2.45. The first kappa shape index (κ1) is 14.3. The Hall–Kier alpha value is -1.10. The molecule has 0 radical (unpaired) electrons. The van der Waals surface area contributed by atoms with Crippen LogP contribution in [0.5, 0.6) is 0 Å². The average molecular weight is 283 g/mol. The third-order valence-corrected chi connectivity index (χ3v) is 3.48. The summed E-state index contributed by atoms with van der Waals surface area (Å²) in [5.41, 5.74) is 0.506. The maximum absolute atomic E-state index is 11.9. The van der Waals surface area contributed by atoms with Gasteiger partial charge in [0.2, 0.25) is 0 Å². The molecule has 0 spiro atoms. The number of hydrogen-bond donors (Lipinski definition) is 2. The Kier molecular flexibility index (Phi) is 5.63. The summed E-state index contributed by atoms with van der Waals surface area (Å²) >= 11 is 5.95. The Balaban J connectivity index is 1.68. The Morgan fingerprint density at radius 1 is 1.37 bits per heavy atom.